The number of carbonyl (C=O) groups excluding carboxylic acids is 1. The molecule has 0 saturated carbocycles. The molecule has 1 amide bonds. The average Bonchev–Trinajstić information content (AvgIpc) is 1.62. The predicted octanol–water partition coefficient (Wildman–Crippen LogP) is -3.90. The molecule has 0 aromatic heterocycles. The summed E-state index contributed by atoms with van der Waals surface area (Å²) in [5.41, 5.74) is 0. The minimum absolute atomic E-state index is 0. The van der Waals surface area contributed by atoms with Crippen molar-refractivity contribution in [2.45, 2.75) is 0 Å². The fourth-order valence-electron chi connectivity index (χ4n) is 0.169. The molecule has 0 aliphatic rings. The van der Waals surface area contributed by atoms with E-state index in [1.165, 1.54) is 4.72 Å². The van der Waals surface area contributed by atoms with Gasteiger partial charge < -0.3 is 0 Å². The molecule has 0 aromatic carbocycles. The van der Waals surface area contributed by atoms with Crippen LogP contribution in [0.3, 0.4) is 0 Å². The number of rotatable bonds is 2. The van der Waals surface area contributed by atoms with Gasteiger partial charge in [-0.3, -0.25) is 9.35 Å². The summed E-state index contributed by atoms with van der Waals surface area (Å²) in [6, 6.07) is 0. The molecule has 0 fully saturated rings. The van der Waals surface area contributed by atoms with Crippen LogP contribution < -0.4 is 34.3 Å². The van der Waals surface area contributed by atoms with E-state index >= 15 is 0 Å². The normalized spacial score (nSPS) is 9.30. The van der Waals surface area contributed by atoms with Crippen LogP contribution in [0.15, 0.2) is 12.7 Å². The van der Waals surface area contributed by atoms with Gasteiger partial charge in [0.15, 0.2) is 0 Å². The van der Waals surface area contributed by atoms with Crippen LogP contribution in [-0.4, -0.2) is 18.9 Å². The van der Waals surface area contributed by atoms with Gasteiger partial charge in [-0.2, -0.15) is 8.42 Å². The van der Waals surface area contributed by atoms with Crippen LogP contribution in [0.2, 0.25) is 0 Å². The molecule has 0 saturated heterocycles. The number of hydrogen-bond acceptors (Lipinski definition) is 3. The number of carbonyl (C=O) groups is 1. The Labute approximate surface area is 80.7 Å². The van der Waals surface area contributed by atoms with Crippen LogP contribution in [0.1, 0.15) is 0 Å². The first kappa shape index (κ1) is 12.8. The molecule has 7 heteroatoms. The van der Waals surface area contributed by atoms with Gasteiger partial charge >= 0.3 is 39.9 Å². The topological polar surface area (TPSA) is 83.5 Å². The largest absolute Gasteiger partial charge is 1.00 e. The second-order valence-electron chi connectivity index (χ2n) is 1.15. The second kappa shape index (κ2) is 4.86. The number of amides is 1. The van der Waals surface area contributed by atoms with Crippen molar-refractivity contribution in [2.24, 2.45) is 0 Å². The first-order valence-corrected chi connectivity index (χ1v) is 3.31. The average molecular weight is 174 g/mol. The smallest absolute Gasteiger partial charge is 0.269 e. The van der Waals surface area contributed by atoms with Gasteiger partial charge in [-0.05, 0) is 6.08 Å². The Morgan fingerprint density at radius 2 is 2.00 bits per heavy atom. The minimum atomic E-state index is -4.41. The molecule has 0 unspecified atom stereocenters. The first-order chi connectivity index (χ1) is 3.95. The molecule has 0 radical (unpaired) electrons. The summed E-state index contributed by atoms with van der Waals surface area (Å²) in [6.07, 6.45) is 0.730. The maximum atomic E-state index is 10.1. The standard InChI is InChI=1S/C3H5NO4S.Na/c1-2-3(5)4-9(6,7)8;/h2H,1H2,(H,4,5)(H,6,7,8);/q;+1. The number of nitrogens with one attached hydrogen (secondary N) is 1. The van der Waals surface area contributed by atoms with Crippen LogP contribution in [0.4, 0.5) is 0 Å². The molecule has 10 heavy (non-hydrogen) atoms. The fraction of sp³-hybridized carbons (Fsp3) is 0. The third kappa shape index (κ3) is 8.12. The van der Waals surface area contributed by atoms with Gasteiger partial charge in [0, 0.05) is 0 Å². The summed E-state index contributed by atoms with van der Waals surface area (Å²) >= 11 is 0. The zero-order valence-corrected chi connectivity index (χ0v) is 8.18. The molecule has 2 N–H and O–H groups in total. The van der Waals surface area contributed by atoms with Gasteiger partial charge in [0.25, 0.3) is 5.91 Å². The molecule has 0 aromatic rings. The van der Waals surface area contributed by atoms with E-state index in [0.717, 1.165) is 6.08 Å². The SMILES string of the molecule is C=CC(=O)NS(=O)(=O)O.[Na+]. The van der Waals surface area contributed by atoms with Gasteiger partial charge in [-0.15, -0.1) is 0 Å². The monoisotopic (exact) mass is 174 g/mol. The molecule has 0 spiro atoms. The van der Waals surface area contributed by atoms with Gasteiger partial charge in [-0.25, -0.2) is 4.72 Å². The van der Waals surface area contributed by atoms with Crippen molar-refractivity contribution >= 4 is 16.2 Å². The molecule has 0 aliphatic carbocycles. The van der Waals surface area contributed by atoms with E-state index < -0.39 is 16.2 Å². The van der Waals surface area contributed by atoms with E-state index in [1.807, 2.05) is 0 Å². The van der Waals surface area contributed by atoms with Crippen LogP contribution in [0.25, 0.3) is 0 Å². The summed E-state index contributed by atoms with van der Waals surface area (Å²) < 4.78 is 28.7. The van der Waals surface area contributed by atoms with Crippen molar-refractivity contribution in [1.82, 2.24) is 4.72 Å². The maximum absolute atomic E-state index is 10.1. The van der Waals surface area contributed by atoms with Crippen molar-refractivity contribution < 1.29 is 47.3 Å². The molecule has 0 rings (SSSR count). The van der Waals surface area contributed by atoms with Crippen molar-refractivity contribution in [3.8, 4) is 0 Å². The van der Waals surface area contributed by atoms with Gasteiger partial charge in [0.1, 0.15) is 0 Å². The Morgan fingerprint density at radius 3 is 2.10 bits per heavy atom. The fourth-order valence-corrected chi connectivity index (χ4v) is 0.506. The van der Waals surface area contributed by atoms with E-state index in [1.54, 1.807) is 0 Å². The number of hydrogen-bond donors (Lipinski definition) is 2. The van der Waals surface area contributed by atoms with Crippen molar-refractivity contribution in [3.63, 3.8) is 0 Å². The van der Waals surface area contributed by atoms with Crippen molar-refractivity contribution in [2.75, 3.05) is 0 Å². The predicted molar refractivity (Wildman–Crippen MR) is 29.9 cm³/mol. The summed E-state index contributed by atoms with van der Waals surface area (Å²) in [5, 5.41) is 0. The van der Waals surface area contributed by atoms with Gasteiger partial charge in [0.05, 0.1) is 0 Å². The van der Waals surface area contributed by atoms with E-state index in [2.05, 4.69) is 6.58 Å². The first-order valence-electron chi connectivity index (χ1n) is 1.87. The van der Waals surface area contributed by atoms with Gasteiger partial charge in [-0.1, -0.05) is 6.58 Å². The Kier molecular flexibility index (Phi) is 6.21. The Bertz CT molecular complexity index is 221. The van der Waals surface area contributed by atoms with Crippen LogP contribution >= 0.6 is 0 Å². The molecule has 5 nitrogen and oxygen atoms in total. The third-order valence-electron chi connectivity index (χ3n) is 0.415. The summed E-state index contributed by atoms with van der Waals surface area (Å²) in [4.78, 5) is 10.1. The second-order valence-corrected chi connectivity index (χ2v) is 2.30. The third-order valence-corrected chi connectivity index (χ3v) is 0.874. The van der Waals surface area contributed by atoms with E-state index in [4.69, 9.17) is 4.55 Å². The summed E-state index contributed by atoms with van der Waals surface area (Å²) in [5.74, 6) is -0.961. The molecule has 0 heterocycles. The molecular formula is C3H5NNaO4S+. The zero-order valence-electron chi connectivity index (χ0n) is 5.36. The van der Waals surface area contributed by atoms with E-state index in [9.17, 15) is 13.2 Å². The van der Waals surface area contributed by atoms with Crippen LogP contribution in [0.5, 0.6) is 0 Å². The van der Waals surface area contributed by atoms with Crippen molar-refractivity contribution in [1.29, 1.82) is 0 Å². The molecular weight excluding hydrogens is 169 g/mol. The Hall–Kier alpha value is 0.120. The molecule has 52 valence electrons. The van der Waals surface area contributed by atoms with E-state index in [0.29, 0.717) is 0 Å². The summed E-state index contributed by atoms with van der Waals surface area (Å²) in [6.45, 7) is 2.96. The van der Waals surface area contributed by atoms with Crippen molar-refractivity contribution in [3.05, 3.63) is 12.7 Å². The summed E-state index contributed by atoms with van der Waals surface area (Å²) in [7, 11) is -4.41. The maximum Gasteiger partial charge on any atom is 1.00 e. The minimum Gasteiger partial charge on any atom is -0.269 e. The molecule has 0 aliphatic heterocycles. The van der Waals surface area contributed by atoms with E-state index in [-0.39, 0.29) is 29.6 Å². The van der Waals surface area contributed by atoms with Gasteiger partial charge in [0.2, 0.25) is 0 Å². The Morgan fingerprint density at radius 1 is 1.60 bits per heavy atom. The molecule has 0 bridgehead atoms. The quantitative estimate of drug-likeness (QED) is 0.254. The van der Waals surface area contributed by atoms with Crippen LogP contribution in [-0.2, 0) is 15.1 Å². The molecule has 0 atom stereocenters. The zero-order chi connectivity index (χ0) is 7.49. The Balaban J connectivity index is 0. The van der Waals surface area contributed by atoms with Crippen LogP contribution in [0, 0.1) is 0 Å².